The van der Waals surface area contributed by atoms with E-state index in [1.165, 1.54) is 0 Å². The average Bonchev–Trinajstić information content (AvgIpc) is 2.45. The molecule has 1 aromatic carbocycles. The van der Waals surface area contributed by atoms with Crippen LogP contribution in [0, 0.1) is 0 Å². The van der Waals surface area contributed by atoms with Gasteiger partial charge in [0.2, 0.25) is 0 Å². The van der Waals surface area contributed by atoms with Gasteiger partial charge in [0.25, 0.3) is 5.91 Å². The molecule has 4 nitrogen and oxygen atoms in total. The number of hydrogen-bond donors (Lipinski definition) is 1. The highest BCUT2D eigenvalue weighted by molar-refractivity contribution is 6.30. The minimum absolute atomic E-state index is 0.129. The van der Waals surface area contributed by atoms with Crippen molar-refractivity contribution in [2.24, 2.45) is 0 Å². The Kier molecular flexibility index (Phi) is 4.58. The van der Waals surface area contributed by atoms with Crippen LogP contribution in [-0.2, 0) is 6.54 Å². The summed E-state index contributed by atoms with van der Waals surface area (Å²) in [6.45, 7) is 0.433. The van der Waals surface area contributed by atoms with Gasteiger partial charge >= 0.3 is 0 Å². The molecule has 0 unspecified atom stereocenters. The molecule has 0 radical (unpaired) electrons. The van der Waals surface area contributed by atoms with E-state index in [1.807, 2.05) is 31.1 Å². The highest BCUT2D eigenvalue weighted by Crippen LogP contribution is 2.14. The number of carbonyl (C=O) groups is 1. The van der Waals surface area contributed by atoms with E-state index in [0.29, 0.717) is 17.1 Å². The molecule has 0 aliphatic carbocycles. The standard InChI is InChI=1S/C15H16ClN3O/c1-19(2)14-12(4-3-9-17-14)10-18-15(20)11-5-7-13(16)8-6-11/h3-9H,10H2,1-2H3,(H,18,20). The third-order valence-electron chi connectivity index (χ3n) is 2.84. The van der Waals surface area contributed by atoms with E-state index >= 15 is 0 Å². The second-order valence-electron chi connectivity index (χ2n) is 4.57. The summed E-state index contributed by atoms with van der Waals surface area (Å²) in [4.78, 5) is 18.2. The van der Waals surface area contributed by atoms with Gasteiger partial charge in [-0.25, -0.2) is 4.98 Å². The quantitative estimate of drug-likeness (QED) is 0.941. The van der Waals surface area contributed by atoms with E-state index in [9.17, 15) is 4.79 Å². The van der Waals surface area contributed by atoms with Gasteiger partial charge < -0.3 is 10.2 Å². The molecule has 104 valence electrons. The van der Waals surface area contributed by atoms with Crippen LogP contribution in [0.4, 0.5) is 5.82 Å². The zero-order chi connectivity index (χ0) is 14.5. The molecule has 0 saturated heterocycles. The molecule has 1 aromatic heterocycles. The van der Waals surface area contributed by atoms with Crippen molar-refractivity contribution in [1.29, 1.82) is 0 Å². The highest BCUT2D eigenvalue weighted by Gasteiger charge is 2.08. The number of carbonyl (C=O) groups excluding carboxylic acids is 1. The lowest BCUT2D eigenvalue weighted by Gasteiger charge is -2.16. The monoisotopic (exact) mass is 289 g/mol. The predicted molar refractivity (Wildman–Crippen MR) is 81.2 cm³/mol. The first kappa shape index (κ1) is 14.3. The number of halogens is 1. The number of aromatic nitrogens is 1. The maximum Gasteiger partial charge on any atom is 0.251 e. The number of rotatable bonds is 4. The molecule has 0 saturated carbocycles. The molecule has 0 aliphatic heterocycles. The van der Waals surface area contributed by atoms with E-state index in [4.69, 9.17) is 11.6 Å². The molecule has 0 atom stereocenters. The van der Waals surface area contributed by atoms with Crippen molar-refractivity contribution in [1.82, 2.24) is 10.3 Å². The van der Waals surface area contributed by atoms with Crippen molar-refractivity contribution in [2.75, 3.05) is 19.0 Å². The number of amides is 1. The first-order chi connectivity index (χ1) is 9.58. The fourth-order valence-electron chi connectivity index (χ4n) is 1.85. The SMILES string of the molecule is CN(C)c1ncccc1CNC(=O)c1ccc(Cl)cc1. The van der Waals surface area contributed by atoms with E-state index in [2.05, 4.69) is 10.3 Å². The fourth-order valence-corrected chi connectivity index (χ4v) is 1.98. The van der Waals surface area contributed by atoms with E-state index < -0.39 is 0 Å². The van der Waals surface area contributed by atoms with Crippen LogP contribution in [-0.4, -0.2) is 25.0 Å². The third-order valence-corrected chi connectivity index (χ3v) is 3.09. The molecule has 0 spiro atoms. The minimum atomic E-state index is -0.129. The Bertz CT molecular complexity index is 596. The van der Waals surface area contributed by atoms with Crippen LogP contribution < -0.4 is 10.2 Å². The summed E-state index contributed by atoms with van der Waals surface area (Å²) in [6, 6.07) is 10.6. The number of nitrogens with one attached hydrogen (secondary N) is 1. The lowest BCUT2D eigenvalue weighted by Crippen LogP contribution is -2.24. The van der Waals surface area contributed by atoms with E-state index in [0.717, 1.165) is 11.4 Å². The summed E-state index contributed by atoms with van der Waals surface area (Å²) in [5, 5.41) is 3.50. The van der Waals surface area contributed by atoms with Crippen LogP contribution in [0.3, 0.4) is 0 Å². The third kappa shape index (κ3) is 3.48. The molecular weight excluding hydrogens is 274 g/mol. The Morgan fingerprint density at radius 3 is 2.60 bits per heavy atom. The zero-order valence-electron chi connectivity index (χ0n) is 11.4. The average molecular weight is 290 g/mol. The smallest absolute Gasteiger partial charge is 0.251 e. The lowest BCUT2D eigenvalue weighted by molar-refractivity contribution is 0.0951. The number of nitrogens with zero attached hydrogens (tertiary/aromatic N) is 2. The van der Waals surface area contributed by atoms with Crippen LogP contribution >= 0.6 is 11.6 Å². The second kappa shape index (κ2) is 6.39. The van der Waals surface area contributed by atoms with Crippen LogP contribution in [0.5, 0.6) is 0 Å². The van der Waals surface area contributed by atoms with Crippen LogP contribution in [0.2, 0.25) is 5.02 Å². The Morgan fingerprint density at radius 1 is 1.25 bits per heavy atom. The molecule has 1 heterocycles. The maximum atomic E-state index is 12.0. The first-order valence-electron chi connectivity index (χ1n) is 6.23. The van der Waals surface area contributed by atoms with Gasteiger partial charge in [-0.1, -0.05) is 17.7 Å². The molecule has 0 fully saturated rings. The van der Waals surface area contributed by atoms with Crippen LogP contribution in [0.1, 0.15) is 15.9 Å². The number of benzene rings is 1. The van der Waals surface area contributed by atoms with Crippen molar-refractivity contribution < 1.29 is 4.79 Å². The van der Waals surface area contributed by atoms with Gasteiger partial charge in [-0.2, -0.15) is 0 Å². The summed E-state index contributed by atoms with van der Waals surface area (Å²) in [7, 11) is 3.85. The summed E-state index contributed by atoms with van der Waals surface area (Å²) < 4.78 is 0. The maximum absolute atomic E-state index is 12.0. The Morgan fingerprint density at radius 2 is 1.95 bits per heavy atom. The van der Waals surface area contributed by atoms with Crippen LogP contribution in [0.15, 0.2) is 42.6 Å². The molecule has 0 bridgehead atoms. The number of pyridine rings is 1. The molecule has 1 N–H and O–H groups in total. The minimum Gasteiger partial charge on any atom is -0.362 e. The lowest BCUT2D eigenvalue weighted by atomic mass is 10.2. The van der Waals surface area contributed by atoms with Gasteiger partial charge in [0.1, 0.15) is 5.82 Å². The van der Waals surface area contributed by atoms with Crippen LogP contribution in [0.25, 0.3) is 0 Å². The van der Waals surface area contributed by atoms with Crippen molar-refractivity contribution in [3.05, 3.63) is 58.7 Å². The second-order valence-corrected chi connectivity index (χ2v) is 5.01. The number of hydrogen-bond acceptors (Lipinski definition) is 3. The summed E-state index contributed by atoms with van der Waals surface area (Å²) in [6.07, 6.45) is 1.74. The molecule has 2 rings (SSSR count). The molecule has 5 heteroatoms. The Labute approximate surface area is 123 Å². The molecule has 0 aliphatic rings. The van der Waals surface area contributed by atoms with Gasteiger partial charge in [0, 0.05) is 43.0 Å². The first-order valence-corrected chi connectivity index (χ1v) is 6.60. The fraction of sp³-hybridized carbons (Fsp3) is 0.200. The summed E-state index contributed by atoms with van der Waals surface area (Å²) >= 11 is 5.80. The van der Waals surface area contributed by atoms with E-state index in [1.54, 1.807) is 30.5 Å². The molecule has 20 heavy (non-hydrogen) atoms. The molecule has 1 amide bonds. The summed E-state index contributed by atoms with van der Waals surface area (Å²) in [5.74, 6) is 0.721. The van der Waals surface area contributed by atoms with Gasteiger partial charge in [0.05, 0.1) is 0 Å². The van der Waals surface area contributed by atoms with Crippen molar-refractivity contribution in [3.8, 4) is 0 Å². The van der Waals surface area contributed by atoms with Crippen molar-refractivity contribution in [3.63, 3.8) is 0 Å². The zero-order valence-corrected chi connectivity index (χ0v) is 12.2. The Hall–Kier alpha value is -2.07. The Balaban J connectivity index is 2.05. The van der Waals surface area contributed by atoms with E-state index in [-0.39, 0.29) is 5.91 Å². The van der Waals surface area contributed by atoms with Crippen molar-refractivity contribution >= 4 is 23.3 Å². The molecule has 2 aromatic rings. The normalized spacial score (nSPS) is 10.2. The van der Waals surface area contributed by atoms with Crippen molar-refractivity contribution in [2.45, 2.75) is 6.54 Å². The largest absolute Gasteiger partial charge is 0.362 e. The number of anilines is 1. The van der Waals surface area contributed by atoms with Gasteiger partial charge in [-0.05, 0) is 30.3 Å². The highest BCUT2D eigenvalue weighted by atomic mass is 35.5. The van der Waals surface area contributed by atoms with Gasteiger partial charge in [-0.3, -0.25) is 4.79 Å². The van der Waals surface area contributed by atoms with Gasteiger partial charge in [0.15, 0.2) is 0 Å². The van der Waals surface area contributed by atoms with Gasteiger partial charge in [-0.15, -0.1) is 0 Å². The predicted octanol–water partition coefficient (Wildman–Crippen LogP) is 2.73. The topological polar surface area (TPSA) is 45.2 Å². The molecular formula is C15H16ClN3O. The summed E-state index contributed by atoms with van der Waals surface area (Å²) in [5.41, 5.74) is 1.56.